The summed E-state index contributed by atoms with van der Waals surface area (Å²) in [7, 11) is 2.86. The quantitative estimate of drug-likeness (QED) is 0.593. The van der Waals surface area contributed by atoms with E-state index >= 15 is 0 Å². The summed E-state index contributed by atoms with van der Waals surface area (Å²) in [4.78, 5) is 0. The van der Waals surface area contributed by atoms with Crippen LogP contribution in [0.1, 0.15) is 31.7 Å². The maximum Gasteiger partial charge on any atom is 0.207 e. The van der Waals surface area contributed by atoms with Crippen LogP contribution in [0.25, 0.3) is 0 Å². The number of benzene rings is 1. The third-order valence-electron chi connectivity index (χ3n) is 2.73. The van der Waals surface area contributed by atoms with Gasteiger partial charge in [0.2, 0.25) is 11.5 Å². The van der Waals surface area contributed by atoms with Gasteiger partial charge >= 0.3 is 0 Å². The Balaban J connectivity index is 3.03. The average molecular weight is 240 g/mol. The summed E-state index contributed by atoms with van der Waals surface area (Å²) in [5.74, 6) is 0.412. The molecular formula is C13H20O4. The van der Waals surface area contributed by atoms with Crippen LogP contribution in [0.3, 0.4) is 0 Å². The summed E-state index contributed by atoms with van der Waals surface area (Å²) in [6.07, 6.45) is 3.89. The predicted molar refractivity (Wildman–Crippen MR) is 66.1 cm³/mol. The highest BCUT2D eigenvalue weighted by molar-refractivity contribution is 5.61. The van der Waals surface area contributed by atoms with Gasteiger partial charge in [-0.2, -0.15) is 0 Å². The fourth-order valence-electron chi connectivity index (χ4n) is 1.81. The molecule has 0 saturated heterocycles. The number of hydrogen-bond donors (Lipinski definition) is 2. The SMILES string of the molecule is CCCCCc1cc(O)c(OC)c(OC)c1O. The van der Waals surface area contributed by atoms with Crippen molar-refractivity contribution in [2.75, 3.05) is 14.2 Å². The molecule has 0 fully saturated rings. The average Bonchev–Trinajstić information content (AvgIpc) is 2.32. The smallest absolute Gasteiger partial charge is 0.207 e. The fraction of sp³-hybridized carbons (Fsp3) is 0.538. The molecule has 1 aromatic rings. The second kappa shape index (κ2) is 6.23. The zero-order chi connectivity index (χ0) is 12.8. The van der Waals surface area contributed by atoms with Crippen molar-refractivity contribution >= 4 is 0 Å². The van der Waals surface area contributed by atoms with Gasteiger partial charge in [0.05, 0.1) is 14.2 Å². The van der Waals surface area contributed by atoms with Crippen molar-refractivity contribution in [3.05, 3.63) is 11.6 Å². The van der Waals surface area contributed by atoms with Gasteiger partial charge in [-0.25, -0.2) is 0 Å². The number of rotatable bonds is 6. The lowest BCUT2D eigenvalue weighted by Gasteiger charge is -2.14. The van der Waals surface area contributed by atoms with Gasteiger partial charge in [0, 0.05) is 5.56 Å². The summed E-state index contributed by atoms with van der Waals surface area (Å²) in [6, 6.07) is 1.53. The molecule has 0 aliphatic rings. The molecular weight excluding hydrogens is 220 g/mol. The molecule has 1 rings (SSSR count). The van der Waals surface area contributed by atoms with Crippen LogP contribution in [0.15, 0.2) is 6.07 Å². The van der Waals surface area contributed by atoms with Crippen molar-refractivity contribution in [3.8, 4) is 23.0 Å². The molecule has 0 aromatic heterocycles. The molecule has 0 aliphatic heterocycles. The first-order valence-electron chi connectivity index (χ1n) is 5.81. The Bertz CT molecular complexity index is 374. The maximum atomic E-state index is 10.0. The zero-order valence-electron chi connectivity index (χ0n) is 10.6. The molecule has 1 aromatic carbocycles. The van der Waals surface area contributed by atoms with Crippen molar-refractivity contribution < 1.29 is 19.7 Å². The summed E-state index contributed by atoms with van der Waals surface area (Å²) in [5, 5.41) is 19.8. The Kier molecular flexibility index (Phi) is 4.94. The Labute approximate surface area is 102 Å². The van der Waals surface area contributed by atoms with Crippen LogP contribution < -0.4 is 9.47 Å². The number of unbranched alkanes of at least 4 members (excludes halogenated alkanes) is 2. The molecule has 0 atom stereocenters. The first-order chi connectivity index (χ1) is 8.15. The van der Waals surface area contributed by atoms with E-state index in [1.54, 1.807) is 0 Å². The van der Waals surface area contributed by atoms with Crippen LogP contribution >= 0.6 is 0 Å². The Morgan fingerprint density at radius 3 is 2.24 bits per heavy atom. The second-order valence-corrected chi connectivity index (χ2v) is 3.93. The highest BCUT2D eigenvalue weighted by Crippen LogP contribution is 2.45. The van der Waals surface area contributed by atoms with E-state index in [2.05, 4.69) is 6.92 Å². The molecule has 4 heteroatoms. The number of methoxy groups -OCH3 is 2. The summed E-state index contributed by atoms with van der Waals surface area (Å²) in [5.41, 5.74) is 0.689. The summed E-state index contributed by atoms with van der Waals surface area (Å²) >= 11 is 0. The number of aryl methyl sites for hydroxylation is 1. The van der Waals surface area contributed by atoms with Crippen molar-refractivity contribution in [3.63, 3.8) is 0 Å². The van der Waals surface area contributed by atoms with Crippen LogP contribution in [0.2, 0.25) is 0 Å². The topological polar surface area (TPSA) is 58.9 Å². The minimum atomic E-state index is -0.00588. The lowest BCUT2D eigenvalue weighted by molar-refractivity contribution is 0.314. The zero-order valence-corrected chi connectivity index (χ0v) is 10.6. The number of aromatic hydroxyl groups is 2. The molecule has 0 amide bonds. The number of phenolic OH excluding ortho intramolecular Hbond substituents is 2. The van der Waals surface area contributed by atoms with E-state index in [1.807, 2.05) is 0 Å². The Morgan fingerprint density at radius 1 is 1.06 bits per heavy atom. The molecule has 0 spiro atoms. The van der Waals surface area contributed by atoms with Gasteiger partial charge in [-0.15, -0.1) is 0 Å². The van der Waals surface area contributed by atoms with Gasteiger partial charge in [-0.05, 0) is 18.9 Å². The van der Waals surface area contributed by atoms with E-state index in [4.69, 9.17) is 9.47 Å². The van der Waals surface area contributed by atoms with E-state index in [0.29, 0.717) is 12.0 Å². The van der Waals surface area contributed by atoms with E-state index in [-0.39, 0.29) is 23.0 Å². The molecule has 0 saturated carbocycles. The first kappa shape index (κ1) is 13.5. The minimum absolute atomic E-state index is 0.00588. The predicted octanol–water partition coefficient (Wildman–Crippen LogP) is 2.85. The molecule has 2 N–H and O–H groups in total. The van der Waals surface area contributed by atoms with Gasteiger partial charge in [-0.3, -0.25) is 0 Å². The molecule has 0 radical (unpaired) electrons. The molecule has 0 unspecified atom stereocenters. The number of phenols is 2. The molecule has 0 heterocycles. The van der Waals surface area contributed by atoms with E-state index < -0.39 is 0 Å². The number of ether oxygens (including phenoxy) is 2. The third kappa shape index (κ3) is 2.96. The second-order valence-electron chi connectivity index (χ2n) is 3.93. The van der Waals surface area contributed by atoms with Crippen molar-refractivity contribution in [1.82, 2.24) is 0 Å². The van der Waals surface area contributed by atoms with Crippen LogP contribution in [0.5, 0.6) is 23.0 Å². The molecule has 0 aliphatic carbocycles. The first-order valence-corrected chi connectivity index (χ1v) is 5.81. The normalized spacial score (nSPS) is 10.3. The lowest BCUT2D eigenvalue weighted by atomic mass is 10.0. The Hall–Kier alpha value is -1.58. The van der Waals surface area contributed by atoms with Gasteiger partial charge in [-0.1, -0.05) is 19.8 Å². The van der Waals surface area contributed by atoms with Gasteiger partial charge < -0.3 is 19.7 Å². The van der Waals surface area contributed by atoms with Gasteiger partial charge in [0.15, 0.2) is 11.5 Å². The maximum absolute atomic E-state index is 10.0. The van der Waals surface area contributed by atoms with E-state index in [1.165, 1.54) is 20.3 Å². The van der Waals surface area contributed by atoms with Crippen LogP contribution in [-0.2, 0) is 6.42 Å². The minimum Gasteiger partial charge on any atom is -0.504 e. The highest BCUT2D eigenvalue weighted by atomic mass is 16.5. The summed E-state index contributed by atoms with van der Waals surface area (Å²) in [6.45, 7) is 2.12. The Morgan fingerprint density at radius 2 is 1.71 bits per heavy atom. The van der Waals surface area contributed by atoms with E-state index in [9.17, 15) is 10.2 Å². The number of hydrogen-bond acceptors (Lipinski definition) is 4. The molecule has 4 nitrogen and oxygen atoms in total. The van der Waals surface area contributed by atoms with Gasteiger partial charge in [0.1, 0.15) is 0 Å². The van der Waals surface area contributed by atoms with E-state index in [0.717, 1.165) is 19.3 Å². The van der Waals surface area contributed by atoms with Crippen molar-refractivity contribution in [1.29, 1.82) is 0 Å². The fourth-order valence-corrected chi connectivity index (χ4v) is 1.81. The van der Waals surface area contributed by atoms with Crippen molar-refractivity contribution in [2.45, 2.75) is 32.6 Å². The largest absolute Gasteiger partial charge is 0.504 e. The summed E-state index contributed by atoms with van der Waals surface area (Å²) < 4.78 is 10.1. The highest BCUT2D eigenvalue weighted by Gasteiger charge is 2.18. The van der Waals surface area contributed by atoms with Crippen LogP contribution in [0.4, 0.5) is 0 Å². The molecule has 0 bridgehead atoms. The van der Waals surface area contributed by atoms with Crippen molar-refractivity contribution in [2.24, 2.45) is 0 Å². The van der Waals surface area contributed by atoms with Crippen LogP contribution in [-0.4, -0.2) is 24.4 Å². The molecule has 96 valence electrons. The standard InChI is InChI=1S/C13H20O4/c1-4-5-6-7-9-8-10(14)12(16-2)13(17-3)11(9)15/h8,14-15H,4-7H2,1-3H3. The molecule has 17 heavy (non-hydrogen) atoms. The third-order valence-corrected chi connectivity index (χ3v) is 2.73. The van der Waals surface area contributed by atoms with Gasteiger partial charge in [0.25, 0.3) is 0 Å². The lowest BCUT2D eigenvalue weighted by Crippen LogP contribution is -1.95. The van der Waals surface area contributed by atoms with Crippen LogP contribution in [0, 0.1) is 0 Å². The monoisotopic (exact) mass is 240 g/mol.